The molecular weight excluding hydrogens is 279 g/mol. The number of benzene rings is 1. The van der Waals surface area contributed by atoms with Crippen molar-refractivity contribution in [1.82, 2.24) is 4.98 Å². The molecule has 0 aliphatic heterocycles. The van der Waals surface area contributed by atoms with Gasteiger partial charge in [-0.3, -0.25) is 0 Å². The van der Waals surface area contributed by atoms with Crippen molar-refractivity contribution in [3.05, 3.63) is 40.7 Å². The first kappa shape index (κ1) is 14.5. The van der Waals surface area contributed by atoms with Crippen molar-refractivity contribution in [3.63, 3.8) is 0 Å². The van der Waals surface area contributed by atoms with E-state index >= 15 is 0 Å². The minimum absolute atomic E-state index is 0.0968. The topological polar surface area (TPSA) is 38.9 Å². The third-order valence-corrected chi connectivity index (χ3v) is 4.92. The van der Waals surface area contributed by atoms with Crippen molar-refractivity contribution in [2.45, 2.75) is 42.0 Å². The molecule has 1 unspecified atom stereocenters. The second kappa shape index (κ2) is 6.50. The van der Waals surface area contributed by atoms with E-state index in [9.17, 15) is 4.39 Å². The Bertz CT molecular complexity index is 554. The molecule has 2 aromatic rings. The number of aromatic nitrogens is 1. The molecule has 1 aromatic carbocycles. The lowest BCUT2D eigenvalue weighted by Crippen LogP contribution is -2.21. The Labute approximate surface area is 121 Å². The fourth-order valence-corrected chi connectivity index (χ4v) is 3.47. The average molecular weight is 296 g/mol. The zero-order valence-corrected chi connectivity index (χ0v) is 12.7. The van der Waals surface area contributed by atoms with Gasteiger partial charge in [-0.05, 0) is 37.5 Å². The summed E-state index contributed by atoms with van der Waals surface area (Å²) >= 11 is 2.91. The predicted molar refractivity (Wildman–Crippen MR) is 79.3 cm³/mol. The van der Waals surface area contributed by atoms with E-state index in [0.717, 1.165) is 22.0 Å². The summed E-state index contributed by atoms with van der Waals surface area (Å²) in [7, 11) is 0. The Balaban J connectivity index is 2.10. The van der Waals surface area contributed by atoms with Gasteiger partial charge in [-0.15, -0.1) is 11.3 Å². The van der Waals surface area contributed by atoms with Gasteiger partial charge in [-0.25, -0.2) is 9.37 Å². The minimum atomic E-state index is -0.196. The van der Waals surface area contributed by atoms with Crippen LogP contribution in [0.1, 0.15) is 24.6 Å². The van der Waals surface area contributed by atoms with Crippen molar-refractivity contribution in [2.75, 3.05) is 0 Å². The fourth-order valence-electron chi connectivity index (χ4n) is 1.67. The summed E-state index contributed by atoms with van der Waals surface area (Å²) in [4.78, 5) is 4.94. The molecule has 1 atom stereocenters. The summed E-state index contributed by atoms with van der Waals surface area (Å²) in [6, 6.07) is 5.44. The van der Waals surface area contributed by atoms with Gasteiger partial charge in [0.25, 0.3) is 0 Å². The highest BCUT2D eigenvalue weighted by molar-refractivity contribution is 8.01. The van der Waals surface area contributed by atoms with Gasteiger partial charge in [0.15, 0.2) is 4.34 Å². The van der Waals surface area contributed by atoms with Crippen LogP contribution in [-0.4, -0.2) is 11.0 Å². The van der Waals surface area contributed by atoms with Gasteiger partial charge in [-0.2, -0.15) is 0 Å². The molecule has 0 radical (unpaired) electrons. The van der Waals surface area contributed by atoms with Crippen LogP contribution in [0.2, 0.25) is 0 Å². The second-order valence-corrected chi connectivity index (χ2v) is 6.64. The molecule has 2 N–H and O–H groups in total. The Morgan fingerprint density at radius 3 is 2.84 bits per heavy atom. The summed E-state index contributed by atoms with van der Waals surface area (Å²) in [6.07, 6.45) is 1.62. The molecular formula is C14H17FN2S2. The quantitative estimate of drug-likeness (QED) is 0.905. The largest absolute Gasteiger partial charge is 0.327 e. The van der Waals surface area contributed by atoms with Crippen molar-refractivity contribution in [1.29, 1.82) is 0 Å². The van der Waals surface area contributed by atoms with E-state index in [2.05, 4.69) is 4.98 Å². The van der Waals surface area contributed by atoms with Crippen LogP contribution in [0.4, 0.5) is 4.39 Å². The second-order valence-electron chi connectivity index (χ2n) is 4.49. The lowest BCUT2D eigenvalue weighted by Gasteiger charge is -2.09. The van der Waals surface area contributed by atoms with Crippen LogP contribution < -0.4 is 5.73 Å². The predicted octanol–water partition coefficient (Wildman–Crippen LogP) is 4.02. The number of nitrogens with two attached hydrogens (primary N) is 1. The summed E-state index contributed by atoms with van der Waals surface area (Å²) < 4.78 is 14.9. The highest BCUT2D eigenvalue weighted by Gasteiger charge is 2.09. The van der Waals surface area contributed by atoms with Gasteiger partial charge in [0.2, 0.25) is 0 Å². The molecule has 2 nitrogen and oxygen atoms in total. The fraction of sp³-hybridized carbons (Fsp3) is 0.357. The van der Waals surface area contributed by atoms with Crippen LogP contribution in [0.3, 0.4) is 0 Å². The van der Waals surface area contributed by atoms with Gasteiger partial charge in [0, 0.05) is 17.1 Å². The summed E-state index contributed by atoms with van der Waals surface area (Å²) in [5, 5.41) is 1.97. The first-order valence-corrected chi connectivity index (χ1v) is 7.92. The summed E-state index contributed by atoms with van der Waals surface area (Å²) in [6.45, 7) is 3.97. The molecule has 2 rings (SSSR count). The lowest BCUT2D eigenvalue weighted by molar-refractivity contribution is 0.593. The van der Waals surface area contributed by atoms with Gasteiger partial charge < -0.3 is 5.73 Å². The van der Waals surface area contributed by atoms with E-state index in [-0.39, 0.29) is 11.9 Å². The van der Waals surface area contributed by atoms with E-state index in [1.165, 1.54) is 23.1 Å². The minimum Gasteiger partial charge on any atom is -0.327 e. The first-order chi connectivity index (χ1) is 9.08. The molecule has 0 amide bonds. The molecule has 1 aromatic heterocycles. The van der Waals surface area contributed by atoms with Crippen LogP contribution >= 0.6 is 23.1 Å². The Hall–Kier alpha value is -0.910. The number of nitrogens with zero attached hydrogens (tertiary/aromatic N) is 1. The van der Waals surface area contributed by atoms with Crippen LogP contribution in [-0.2, 0) is 6.42 Å². The first-order valence-electron chi connectivity index (χ1n) is 6.22. The van der Waals surface area contributed by atoms with Crippen LogP contribution in [0, 0.1) is 12.7 Å². The van der Waals surface area contributed by atoms with Crippen molar-refractivity contribution in [2.24, 2.45) is 5.73 Å². The van der Waals surface area contributed by atoms with E-state index in [4.69, 9.17) is 5.73 Å². The third-order valence-electron chi connectivity index (χ3n) is 2.81. The standard InChI is InChI=1S/C14H17FN2S2/c1-3-11(16)6-10-4-5-13(12(15)7-10)19-14-17-9(2)8-18-14/h4-5,7-8,11H,3,6,16H2,1-2H3. The molecule has 5 heteroatoms. The zero-order chi connectivity index (χ0) is 13.8. The molecule has 19 heavy (non-hydrogen) atoms. The van der Waals surface area contributed by atoms with Crippen LogP contribution in [0.15, 0.2) is 32.8 Å². The number of halogens is 1. The Morgan fingerprint density at radius 1 is 1.47 bits per heavy atom. The monoisotopic (exact) mass is 296 g/mol. The molecule has 0 aliphatic carbocycles. The Morgan fingerprint density at radius 2 is 2.26 bits per heavy atom. The maximum atomic E-state index is 14.0. The number of rotatable bonds is 5. The smallest absolute Gasteiger partial charge is 0.154 e. The van der Waals surface area contributed by atoms with Gasteiger partial charge in [0.1, 0.15) is 5.82 Å². The number of thiazole rings is 1. The number of hydrogen-bond donors (Lipinski definition) is 1. The lowest BCUT2D eigenvalue weighted by atomic mass is 10.0. The molecule has 0 saturated carbocycles. The average Bonchev–Trinajstić information content (AvgIpc) is 2.78. The molecule has 0 aliphatic rings. The van der Waals surface area contributed by atoms with E-state index in [1.807, 2.05) is 31.4 Å². The van der Waals surface area contributed by atoms with E-state index in [1.54, 1.807) is 6.07 Å². The van der Waals surface area contributed by atoms with Crippen molar-refractivity contribution >= 4 is 23.1 Å². The highest BCUT2D eigenvalue weighted by Crippen LogP contribution is 2.32. The molecule has 0 bridgehead atoms. The molecule has 1 heterocycles. The molecule has 0 saturated heterocycles. The van der Waals surface area contributed by atoms with Crippen molar-refractivity contribution < 1.29 is 4.39 Å². The molecule has 0 spiro atoms. The molecule has 0 fully saturated rings. The maximum absolute atomic E-state index is 14.0. The Kier molecular flexibility index (Phi) is 4.96. The number of aryl methyl sites for hydroxylation is 1. The molecule has 102 valence electrons. The summed E-state index contributed by atoms with van der Waals surface area (Å²) in [5.74, 6) is -0.196. The van der Waals surface area contributed by atoms with Crippen LogP contribution in [0.25, 0.3) is 0 Å². The highest BCUT2D eigenvalue weighted by atomic mass is 32.2. The van der Waals surface area contributed by atoms with E-state index in [0.29, 0.717) is 11.3 Å². The third kappa shape index (κ3) is 4.03. The van der Waals surface area contributed by atoms with Crippen LogP contribution in [0.5, 0.6) is 0 Å². The normalized spacial score (nSPS) is 12.6. The number of hydrogen-bond acceptors (Lipinski definition) is 4. The van der Waals surface area contributed by atoms with E-state index < -0.39 is 0 Å². The SMILES string of the molecule is CCC(N)Cc1ccc(Sc2nc(C)cs2)c(F)c1. The van der Waals surface area contributed by atoms with Gasteiger partial charge in [-0.1, -0.05) is 24.8 Å². The van der Waals surface area contributed by atoms with Crippen molar-refractivity contribution in [3.8, 4) is 0 Å². The van der Waals surface area contributed by atoms with Gasteiger partial charge in [0.05, 0.1) is 4.90 Å². The maximum Gasteiger partial charge on any atom is 0.154 e. The van der Waals surface area contributed by atoms with Gasteiger partial charge >= 0.3 is 0 Å². The summed E-state index contributed by atoms with van der Waals surface area (Å²) in [5.41, 5.74) is 7.80. The zero-order valence-electron chi connectivity index (χ0n) is 11.0.